The van der Waals surface area contributed by atoms with Crippen LogP contribution in [0.5, 0.6) is 0 Å². The summed E-state index contributed by atoms with van der Waals surface area (Å²) in [5, 5.41) is 44.6. The zero-order valence-corrected chi connectivity index (χ0v) is 10.5. The molecule has 0 fully saturated rings. The number of carboxylic acid groups (broad SMARTS) is 1. The maximum Gasteiger partial charge on any atom is 0.314 e. The zero-order valence-electron chi connectivity index (χ0n) is 10.5. The number of carboxylic acids is 1. The normalized spacial score (nSPS) is 13.1. The quantitative estimate of drug-likeness (QED) is 0.235. The Morgan fingerprint density at radius 1 is 1.11 bits per heavy atom. The highest BCUT2D eigenvalue weighted by molar-refractivity contribution is 5.75. The van der Waals surface area contributed by atoms with E-state index in [9.17, 15) is 9.59 Å². The number of aliphatic hydroxyl groups is 4. The average molecular weight is 280 g/mol. The maximum atomic E-state index is 11.1. The molecule has 0 aliphatic heterocycles. The van der Waals surface area contributed by atoms with Gasteiger partial charge in [-0.1, -0.05) is 0 Å². The van der Waals surface area contributed by atoms with Gasteiger partial charge in [0.2, 0.25) is 0 Å². The molecule has 19 heavy (non-hydrogen) atoms. The Kier molecular flexibility index (Phi) is 8.24. The minimum atomic E-state index is -1.69. The van der Waals surface area contributed by atoms with Gasteiger partial charge in [0, 0.05) is 6.61 Å². The second kappa shape index (κ2) is 8.81. The fraction of sp³-hybridized carbons (Fsp3) is 0.818. The zero-order chi connectivity index (χ0) is 14.9. The van der Waals surface area contributed by atoms with Gasteiger partial charge in [-0.15, -0.1) is 0 Å². The number of carbonyl (C=O) groups excluding carboxylic acids is 1. The first-order valence-electron chi connectivity index (χ1n) is 5.78. The van der Waals surface area contributed by atoms with E-state index in [4.69, 9.17) is 25.5 Å². The van der Waals surface area contributed by atoms with Crippen molar-refractivity contribution < 1.29 is 39.9 Å². The summed E-state index contributed by atoms with van der Waals surface area (Å²) in [4.78, 5) is 22.1. The first-order valence-corrected chi connectivity index (χ1v) is 5.78. The number of hydrogen-bond donors (Lipinski definition) is 5. The van der Waals surface area contributed by atoms with Crippen molar-refractivity contribution in [1.82, 2.24) is 0 Å². The number of carbonyl (C=O) groups is 2. The summed E-state index contributed by atoms with van der Waals surface area (Å²) in [6.45, 7) is -2.60. The van der Waals surface area contributed by atoms with Crippen LogP contribution >= 0.6 is 0 Å². The average Bonchev–Trinajstić information content (AvgIpc) is 2.38. The van der Waals surface area contributed by atoms with Gasteiger partial charge in [-0.25, -0.2) is 0 Å². The molecule has 0 spiro atoms. The van der Waals surface area contributed by atoms with Gasteiger partial charge in [-0.05, 0) is 18.8 Å². The van der Waals surface area contributed by atoms with Gasteiger partial charge in [-0.2, -0.15) is 0 Å². The number of aliphatic hydroxyl groups excluding tert-OH is 4. The van der Waals surface area contributed by atoms with Crippen molar-refractivity contribution in [2.24, 2.45) is 11.3 Å². The molecular weight excluding hydrogens is 260 g/mol. The van der Waals surface area contributed by atoms with Crippen LogP contribution in [0.2, 0.25) is 0 Å². The molecule has 8 heteroatoms. The molecule has 112 valence electrons. The van der Waals surface area contributed by atoms with E-state index in [1.807, 2.05) is 0 Å². The van der Waals surface area contributed by atoms with E-state index in [-0.39, 0.29) is 25.9 Å². The lowest BCUT2D eigenvalue weighted by atomic mass is 9.82. The van der Waals surface area contributed by atoms with Crippen LogP contribution < -0.4 is 0 Å². The van der Waals surface area contributed by atoms with Gasteiger partial charge in [0.15, 0.2) is 6.79 Å². The van der Waals surface area contributed by atoms with Gasteiger partial charge in [0.1, 0.15) is 5.41 Å². The van der Waals surface area contributed by atoms with Crippen molar-refractivity contribution in [3.05, 3.63) is 0 Å². The Morgan fingerprint density at radius 3 is 2.05 bits per heavy atom. The first kappa shape index (κ1) is 17.8. The second-order valence-electron chi connectivity index (χ2n) is 4.34. The molecule has 0 aliphatic rings. The fourth-order valence-electron chi connectivity index (χ4n) is 1.56. The fourth-order valence-corrected chi connectivity index (χ4v) is 1.56. The Balaban J connectivity index is 4.46. The largest absolute Gasteiger partial charge is 0.481 e. The number of rotatable bonds is 10. The summed E-state index contributed by atoms with van der Waals surface area (Å²) in [6, 6.07) is 0. The molecular formula is C11H20O8. The summed E-state index contributed by atoms with van der Waals surface area (Å²) >= 11 is 0. The Morgan fingerprint density at radius 2 is 1.68 bits per heavy atom. The lowest BCUT2D eigenvalue weighted by Crippen LogP contribution is -2.39. The van der Waals surface area contributed by atoms with E-state index in [0.717, 1.165) is 0 Å². The van der Waals surface area contributed by atoms with Crippen LogP contribution in [-0.2, 0) is 14.3 Å². The molecule has 0 rings (SSSR count). The van der Waals surface area contributed by atoms with Crippen LogP contribution in [-0.4, -0.2) is 64.1 Å². The molecule has 0 amide bonds. The van der Waals surface area contributed by atoms with Crippen molar-refractivity contribution in [3.63, 3.8) is 0 Å². The number of hydrogen-bond acceptors (Lipinski definition) is 7. The molecule has 0 heterocycles. The topological polar surface area (TPSA) is 145 Å². The van der Waals surface area contributed by atoms with Gasteiger partial charge < -0.3 is 30.3 Å². The van der Waals surface area contributed by atoms with E-state index in [1.165, 1.54) is 0 Å². The smallest absolute Gasteiger partial charge is 0.314 e. The molecule has 0 aliphatic carbocycles. The van der Waals surface area contributed by atoms with Gasteiger partial charge in [-0.3, -0.25) is 9.59 Å². The standard InChI is InChI=1S/C11H20O8/c12-4-8(3-9(16)19-7-15)1-2-11(5-13,6-14)10(17)18/h8,12-15H,1-7H2,(H,17,18). The third-order valence-corrected chi connectivity index (χ3v) is 3.03. The number of esters is 1. The van der Waals surface area contributed by atoms with E-state index in [2.05, 4.69) is 4.74 Å². The lowest BCUT2D eigenvalue weighted by molar-refractivity contribution is -0.155. The minimum Gasteiger partial charge on any atom is -0.481 e. The summed E-state index contributed by atoms with van der Waals surface area (Å²) < 4.78 is 4.30. The van der Waals surface area contributed by atoms with Gasteiger partial charge in [0.05, 0.1) is 19.6 Å². The summed E-state index contributed by atoms with van der Waals surface area (Å²) in [6.07, 6.45) is -0.152. The predicted octanol–water partition coefficient (Wildman–Crippen LogP) is -1.69. The van der Waals surface area contributed by atoms with Crippen molar-refractivity contribution in [2.45, 2.75) is 19.3 Å². The minimum absolute atomic E-state index is 0.0903. The molecule has 1 unspecified atom stereocenters. The van der Waals surface area contributed by atoms with Gasteiger partial charge >= 0.3 is 11.9 Å². The van der Waals surface area contributed by atoms with Crippen LogP contribution in [0.15, 0.2) is 0 Å². The highest BCUT2D eigenvalue weighted by Crippen LogP contribution is 2.26. The molecule has 0 saturated heterocycles. The van der Waals surface area contributed by atoms with Crippen LogP contribution in [0.4, 0.5) is 0 Å². The van der Waals surface area contributed by atoms with Crippen LogP contribution in [0.1, 0.15) is 19.3 Å². The Hall–Kier alpha value is -1.22. The van der Waals surface area contributed by atoms with Gasteiger partial charge in [0.25, 0.3) is 0 Å². The highest BCUT2D eigenvalue weighted by atomic mass is 16.6. The summed E-state index contributed by atoms with van der Waals surface area (Å²) in [5.74, 6) is -2.61. The first-order chi connectivity index (χ1) is 8.95. The predicted molar refractivity (Wildman–Crippen MR) is 61.8 cm³/mol. The van der Waals surface area contributed by atoms with Crippen LogP contribution in [0.25, 0.3) is 0 Å². The molecule has 5 N–H and O–H groups in total. The van der Waals surface area contributed by atoms with E-state index >= 15 is 0 Å². The molecule has 0 bridgehead atoms. The molecule has 0 radical (unpaired) electrons. The molecule has 0 saturated carbocycles. The molecule has 0 aromatic heterocycles. The molecule has 0 aromatic carbocycles. The van der Waals surface area contributed by atoms with E-state index in [0.29, 0.717) is 0 Å². The SMILES string of the molecule is O=C(CC(CO)CCC(CO)(CO)C(=O)O)OCO. The number of ether oxygens (including phenoxy) is 1. The van der Waals surface area contributed by atoms with Crippen molar-refractivity contribution in [1.29, 1.82) is 0 Å². The highest BCUT2D eigenvalue weighted by Gasteiger charge is 2.37. The lowest BCUT2D eigenvalue weighted by Gasteiger charge is -2.26. The van der Waals surface area contributed by atoms with E-state index < -0.39 is 43.3 Å². The van der Waals surface area contributed by atoms with Crippen molar-refractivity contribution >= 4 is 11.9 Å². The van der Waals surface area contributed by atoms with Crippen LogP contribution in [0.3, 0.4) is 0 Å². The summed E-state index contributed by atoms with van der Waals surface area (Å²) in [5.41, 5.74) is -1.69. The third kappa shape index (κ3) is 5.52. The maximum absolute atomic E-state index is 11.1. The third-order valence-electron chi connectivity index (χ3n) is 3.03. The Labute approximate surface area is 110 Å². The number of aliphatic carboxylic acids is 1. The molecule has 1 atom stereocenters. The van der Waals surface area contributed by atoms with Crippen molar-refractivity contribution in [3.8, 4) is 0 Å². The summed E-state index contributed by atoms with van der Waals surface area (Å²) in [7, 11) is 0. The molecule has 8 nitrogen and oxygen atoms in total. The van der Waals surface area contributed by atoms with Crippen molar-refractivity contribution in [2.75, 3.05) is 26.6 Å². The van der Waals surface area contributed by atoms with Crippen LogP contribution in [0, 0.1) is 11.3 Å². The second-order valence-corrected chi connectivity index (χ2v) is 4.34. The monoisotopic (exact) mass is 280 g/mol. The Bertz CT molecular complexity index is 286. The van der Waals surface area contributed by atoms with E-state index in [1.54, 1.807) is 0 Å². The molecule has 0 aromatic rings.